The van der Waals surface area contributed by atoms with Crippen molar-refractivity contribution in [2.45, 2.75) is 38.8 Å². The molecule has 2 aromatic rings. The summed E-state index contributed by atoms with van der Waals surface area (Å²) < 4.78 is 18.2. The lowest BCUT2D eigenvalue weighted by Gasteiger charge is -2.26. The quantitative estimate of drug-likeness (QED) is 0.146. The summed E-state index contributed by atoms with van der Waals surface area (Å²) in [5.41, 5.74) is 10.0. The summed E-state index contributed by atoms with van der Waals surface area (Å²) in [5.74, 6) is -0.0473. The average molecular weight is 418 g/mol. The van der Waals surface area contributed by atoms with Crippen LogP contribution < -0.4 is 4.74 Å². The lowest BCUT2D eigenvalue weighted by molar-refractivity contribution is -0.138. The summed E-state index contributed by atoms with van der Waals surface area (Å²) >= 11 is 0. The molecule has 0 N–H and O–H groups in total. The number of carbonyl (C=O) groups excluding carboxylic acids is 1. The van der Waals surface area contributed by atoms with E-state index in [1.54, 1.807) is 33.4 Å². The molecule has 0 spiro atoms. The van der Waals surface area contributed by atoms with E-state index in [9.17, 15) is 4.79 Å². The minimum absolute atomic E-state index is 0.139. The SMILES string of the molecule is CCOC(=O)/C(=C/c1cc2c(OC)ccnc2n1C(C[Si](C)(C)C)OC)N=[N+]=[N-]. The molecule has 0 saturated heterocycles. The lowest BCUT2D eigenvalue weighted by atomic mass is 10.2. The number of rotatable bonds is 9. The first kappa shape index (κ1) is 22.5. The molecular formula is C19H27N5O4Si. The third-order valence-corrected chi connectivity index (χ3v) is 5.79. The first-order valence-corrected chi connectivity index (χ1v) is 13.0. The van der Waals surface area contributed by atoms with Crippen LogP contribution in [0.15, 0.2) is 29.1 Å². The van der Waals surface area contributed by atoms with Gasteiger partial charge in [-0.05, 0) is 36.7 Å². The molecule has 2 aromatic heterocycles. The Balaban J connectivity index is 2.77. The molecule has 29 heavy (non-hydrogen) atoms. The Morgan fingerprint density at radius 3 is 2.69 bits per heavy atom. The molecule has 0 aromatic carbocycles. The molecule has 1 unspecified atom stereocenters. The van der Waals surface area contributed by atoms with E-state index in [-0.39, 0.29) is 18.5 Å². The van der Waals surface area contributed by atoms with Gasteiger partial charge >= 0.3 is 5.97 Å². The highest BCUT2D eigenvalue weighted by Gasteiger charge is 2.26. The van der Waals surface area contributed by atoms with Gasteiger partial charge in [0.05, 0.1) is 19.1 Å². The highest BCUT2D eigenvalue weighted by Crippen LogP contribution is 2.34. The topological polar surface area (TPSA) is 111 Å². The van der Waals surface area contributed by atoms with Crippen LogP contribution >= 0.6 is 0 Å². The number of hydrogen-bond acceptors (Lipinski definition) is 6. The van der Waals surface area contributed by atoms with Crippen LogP contribution in [-0.2, 0) is 14.3 Å². The molecular weight excluding hydrogens is 390 g/mol. The van der Waals surface area contributed by atoms with Crippen molar-refractivity contribution < 1.29 is 19.0 Å². The number of esters is 1. The van der Waals surface area contributed by atoms with Crippen molar-refractivity contribution >= 4 is 31.2 Å². The Labute approximate surface area is 170 Å². The highest BCUT2D eigenvalue weighted by atomic mass is 28.3. The fourth-order valence-electron chi connectivity index (χ4n) is 3.03. The van der Waals surface area contributed by atoms with Crippen LogP contribution in [0.4, 0.5) is 0 Å². The predicted molar refractivity (Wildman–Crippen MR) is 114 cm³/mol. The first-order chi connectivity index (χ1) is 13.8. The molecule has 2 rings (SSSR count). The molecule has 0 saturated carbocycles. The minimum Gasteiger partial charge on any atom is -0.496 e. The third kappa shape index (κ3) is 5.38. The van der Waals surface area contributed by atoms with Crippen molar-refractivity contribution in [1.82, 2.24) is 9.55 Å². The van der Waals surface area contributed by atoms with Gasteiger partial charge in [0.1, 0.15) is 23.3 Å². The van der Waals surface area contributed by atoms with Crippen LogP contribution in [0.1, 0.15) is 18.8 Å². The zero-order valence-corrected chi connectivity index (χ0v) is 18.7. The van der Waals surface area contributed by atoms with E-state index in [0.717, 1.165) is 11.4 Å². The Hall–Kier alpha value is -2.81. The van der Waals surface area contributed by atoms with Crippen molar-refractivity contribution in [3.05, 3.63) is 40.2 Å². The number of carbonyl (C=O) groups is 1. The number of hydrogen-bond donors (Lipinski definition) is 0. The number of pyridine rings is 1. The summed E-state index contributed by atoms with van der Waals surface area (Å²) in [4.78, 5) is 19.5. The van der Waals surface area contributed by atoms with Crippen LogP contribution in [0, 0.1) is 0 Å². The van der Waals surface area contributed by atoms with Crippen LogP contribution in [0.25, 0.3) is 27.6 Å². The van der Waals surface area contributed by atoms with E-state index < -0.39 is 14.0 Å². The first-order valence-electron chi connectivity index (χ1n) is 9.26. The maximum absolute atomic E-state index is 12.2. The zero-order chi connectivity index (χ0) is 21.6. The molecule has 0 radical (unpaired) electrons. The van der Waals surface area contributed by atoms with E-state index >= 15 is 0 Å². The van der Waals surface area contributed by atoms with Gasteiger partial charge < -0.3 is 14.2 Å². The van der Waals surface area contributed by atoms with Gasteiger partial charge in [0.2, 0.25) is 0 Å². The number of fused-ring (bicyclic) bond motifs is 1. The third-order valence-electron chi connectivity index (χ3n) is 4.22. The van der Waals surface area contributed by atoms with Crippen LogP contribution in [0.2, 0.25) is 25.7 Å². The molecule has 0 amide bonds. The van der Waals surface area contributed by atoms with Crippen molar-refractivity contribution in [2.24, 2.45) is 5.11 Å². The average Bonchev–Trinajstić information content (AvgIpc) is 3.03. The molecule has 0 aliphatic rings. The van der Waals surface area contributed by atoms with Gasteiger partial charge in [-0.2, -0.15) is 0 Å². The maximum Gasteiger partial charge on any atom is 0.340 e. The van der Waals surface area contributed by atoms with E-state index in [1.165, 1.54) is 6.08 Å². The van der Waals surface area contributed by atoms with Crippen molar-refractivity contribution in [3.8, 4) is 5.75 Å². The normalized spacial score (nSPS) is 13.1. The van der Waals surface area contributed by atoms with Gasteiger partial charge in [-0.15, -0.1) is 0 Å². The van der Waals surface area contributed by atoms with Gasteiger partial charge in [0.15, 0.2) is 0 Å². The predicted octanol–water partition coefficient (Wildman–Crippen LogP) is 4.74. The van der Waals surface area contributed by atoms with Gasteiger partial charge in [0, 0.05) is 32.0 Å². The molecule has 0 bridgehead atoms. The Morgan fingerprint density at radius 2 is 2.14 bits per heavy atom. The summed E-state index contributed by atoms with van der Waals surface area (Å²) in [6, 6.07) is 4.42. The number of aromatic nitrogens is 2. The second kappa shape index (κ2) is 9.60. The molecule has 0 aliphatic heterocycles. The Bertz CT molecular complexity index is 957. The number of nitrogens with zero attached hydrogens (tertiary/aromatic N) is 5. The second-order valence-electron chi connectivity index (χ2n) is 7.58. The van der Waals surface area contributed by atoms with Crippen LogP contribution in [-0.4, -0.2) is 44.4 Å². The fraction of sp³-hybridized carbons (Fsp3) is 0.474. The standard InChI is InChI=1S/C19H27N5O4Si/c1-7-28-19(25)15(22-23-20)11-13-10-14-16(26-2)8-9-21-18(14)24(13)17(27-3)12-29(4,5)6/h8-11,17H,7,12H2,1-6H3/b15-11-. The monoisotopic (exact) mass is 417 g/mol. The van der Waals surface area contributed by atoms with Crippen LogP contribution in [0.5, 0.6) is 5.75 Å². The second-order valence-corrected chi connectivity index (χ2v) is 13.1. The Morgan fingerprint density at radius 1 is 1.41 bits per heavy atom. The maximum atomic E-state index is 12.2. The Kier molecular flexibility index (Phi) is 7.44. The largest absolute Gasteiger partial charge is 0.496 e. The van der Waals surface area contributed by atoms with Gasteiger partial charge in [0.25, 0.3) is 0 Å². The molecule has 156 valence electrons. The zero-order valence-electron chi connectivity index (χ0n) is 17.7. The lowest BCUT2D eigenvalue weighted by Crippen LogP contribution is -2.27. The van der Waals surface area contributed by atoms with E-state index in [4.69, 9.17) is 19.7 Å². The van der Waals surface area contributed by atoms with Crippen molar-refractivity contribution in [3.63, 3.8) is 0 Å². The molecule has 2 heterocycles. The fourth-order valence-corrected chi connectivity index (χ4v) is 4.43. The summed E-state index contributed by atoms with van der Waals surface area (Å²) in [6.07, 6.45) is 2.85. The minimum atomic E-state index is -1.52. The van der Waals surface area contributed by atoms with Gasteiger partial charge in [-0.25, -0.2) is 9.78 Å². The summed E-state index contributed by atoms with van der Waals surface area (Å²) in [7, 11) is 1.71. The summed E-state index contributed by atoms with van der Waals surface area (Å²) in [6.45, 7) is 8.60. The van der Waals surface area contributed by atoms with E-state index in [0.29, 0.717) is 17.1 Å². The van der Waals surface area contributed by atoms with Crippen LogP contribution in [0.3, 0.4) is 0 Å². The van der Waals surface area contributed by atoms with Crippen molar-refractivity contribution in [2.75, 3.05) is 20.8 Å². The van der Waals surface area contributed by atoms with Gasteiger partial charge in [-0.3, -0.25) is 4.57 Å². The molecule has 1 atom stereocenters. The molecule has 0 aliphatic carbocycles. The molecule has 9 nitrogen and oxygen atoms in total. The number of ether oxygens (including phenoxy) is 3. The number of azide groups is 1. The number of methoxy groups -OCH3 is 2. The highest BCUT2D eigenvalue weighted by molar-refractivity contribution is 6.76. The molecule has 0 fully saturated rings. The van der Waals surface area contributed by atoms with Gasteiger partial charge in [-0.1, -0.05) is 24.8 Å². The summed E-state index contributed by atoms with van der Waals surface area (Å²) in [5, 5.41) is 4.29. The van der Waals surface area contributed by atoms with Crippen molar-refractivity contribution in [1.29, 1.82) is 0 Å². The molecule has 10 heteroatoms. The van der Waals surface area contributed by atoms with E-state index in [2.05, 4.69) is 34.7 Å². The smallest absolute Gasteiger partial charge is 0.340 e. The van der Waals surface area contributed by atoms with E-state index in [1.807, 2.05) is 10.6 Å².